The van der Waals surface area contributed by atoms with Gasteiger partial charge in [0.1, 0.15) is 0 Å². The summed E-state index contributed by atoms with van der Waals surface area (Å²) < 4.78 is 7.72. The first-order valence-corrected chi connectivity index (χ1v) is 5.69. The Morgan fingerprint density at radius 3 is 3.20 bits per heavy atom. The van der Waals surface area contributed by atoms with E-state index in [0.717, 1.165) is 19.6 Å². The molecule has 2 rings (SSSR count). The number of ether oxygens (including phenoxy) is 1. The van der Waals surface area contributed by atoms with Gasteiger partial charge in [0.15, 0.2) is 0 Å². The first-order valence-electron chi connectivity index (χ1n) is 5.69. The molecule has 2 N–H and O–H groups in total. The third-order valence-electron chi connectivity index (χ3n) is 3.05. The zero-order valence-corrected chi connectivity index (χ0v) is 9.22. The topological polar surface area (TPSA) is 53.1 Å². The molecule has 0 aromatic carbocycles. The first-order chi connectivity index (χ1) is 7.35. The fourth-order valence-electron chi connectivity index (χ4n) is 2.15. The summed E-state index contributed by atoms with van der Waals surface area (Å²) in [5.74, 6) is 0.452. The average Bonchev–Trinajstić information content (AvgIpc) is 2.77. The Balaban J connectivity index is 2.12. The molecule has 0 saturated carbocycles. The van der Waals surface area contributed by atoms with Crippen molar-refractivity contribution in [2.75, 3.05) is 13.2 Å². The molecule has 84 valence electrons. The fraction of sp³-hybridized carbons (Fsp3) is 0.727. The summed E-state index contributed by atoms with van der Waals surface area (Å²) >= 11 is 0. The van der Waals surface area contributed by atoms with E-state index in [9.17, 15) is 0 Å². The average molecular weight is 209 g/mol. The van der Waals surface area contributed by atoms with Crippen molar-refractivity contribution >= 4 is 0 Å². The minimum absolute atomic E-state index is 0.157. The lowest BCUT2D eigenvalue weighted by molar-refractivity contribution is -0.0252. The molecule has 2 unspecified atom stereocenters. The molecule has 0 aliphatic carbocycles. The van der Waals surface area contributed by atoms with E-state index in [1.54, 1.807) is 0 Å². The Bertz CT molecular complexity index is 311. The van der Waals surface area contributed by atoms with Gasteiger partial charge in [0, 0.05) is 30.8 Å². The summed E-state index contributed by atoms with van der Waals surface area (Å²) in [6.45, 7) is 4.53. The lowest BCUT2D eigenvalue weighted by Gasteiger charge is -2.30. The Labute approximate surface area is 90.4 Å². The number of aryl methyl sites for hydroxylation is 1. The van der Waals surface area contributed by atoms with Gasteiger partial charge in [-0.15, -0.1) is 0 Å². The van der Waals surface area contributed by atoms with Gasteiger partial charge in [-0.3, -0.25) is 4.68 Å². The molecule has 1 saturated heterocycles. The van der Waals surface area contributed by atoms with Gasteiger partial charge in [-0.2, -0.15) is 5.10 Å². The molecule has 2 atom stereocenters. The summed E-state index contributed by atoms with van der Waals surface area (Å²) in [4.78, 5) is 0. The summed E-state index contributed by atoms with van der Waals surface area (Å²) in [7, 11) is 0. The first kappa shape index (κ1) is 10.6. The Morgan fingerprint density at radius 2 is 2.53 bits per heavy atom. The minimum Gasteiger partial charge on any atom is -0.373 e. The van der Waals surface area contributed by atoms with Crippen LogP contribution in [0, 0.1) is 5.92 Å². The maximum absolute atomic E-state index is 5.79. The third-order valence-corrected chi connectivity index (χ3v) is 3.05. The number of hydrogen-bond donors (Lipinski definition) is 1. The SMILES string of the molecule is CCn1cc(C2OCCCC2CN)cn1. The van der Waals surface area contributed by atoms with Crippen molar-refractivity contribution in [2.45, 2.75) is 32.4 Å². The highest BCUT2D eigenvalue weighted by Gasteiger charge is 2.27. The van der Waals surface area contributed by atoms with E-state index in [1.807, 2.05) is 10.9 Å². The van der Waals surface area contributed by atoms with Crippen LogP contribution in [0.25, 0.3) is 0 Å². The Hall–Kier alpha value is -0.870. The summed E-state index contributed by atoms with van der Waals surface area (Å²) in [5, 5.41) is 4.27. The third kappa shape index (κ3) is 2.21. The number of aromatic nitrogens is 2. The molecule has 0 bridgehead atoms. The van der Waals surface area contributed by atoms with Gasteiger partial charge in [-0.05, 0) is 26.3 Å². The molecule has 1 aromatic rings. The predicted octanol–water partition coefficient (Wildman–Crippen LogP) is 1.33. The van der Waals surface area contributed by atoms with Crippen molar-refractivity contribution in [1.82, 2.24) is 9.78 Å². The van der Waals surface area contributed by atoms with E-state index in [-0.39, 0.29) is 6.10 Å². The highest BCUT2D eigenvalue weighted by molar-refractivity contribution is 5.10. The fourth-order valence-corrected chi connectivity index (χ4v) is 2.15. The van der Waals surface area contributed by atoms with Gasteiger partial charge in [-0.25, -0.2) is 0 Å². The Kier molecular flexibility index (Phi) is 3.38. The second-order valence-electron chi connectivity index (χ2n) is 4.06. The second kappa shape index (κ2) is 4.77. The van der Waals surface area contributed by atoms with Crippen LogP contribution in [0.1, 0.15) is 31.4 Å². The van der Waals surface area contributed by atoms with Crippen LogP contribution >= 0.6 is 0 Å². The van der Waals surface area contributed by atoms with Gasteiger partial charge in [-0.1, -0.05) is 0 Å². The number of nitrogens with zero attached hydrogens (tertiary/aromatic N) is 2. The molecule has 0 amide bonds. The van der Waals surface area contributed by atoms with Crippen molar-refractivity contribution in [1.29, 1.82) is 0 Å². The van der Waals surface area contributed by atoms with Crippen molar-refractivity contribution < 1.29 is 4.74 Å². The van der Waals surface area contributed by atoms with Gasteiger partial charge in [0.05, 0.1) is 12.3 Å². The van der Waals surface area contributed by atoms with E-state index in [0.29, 0.717) is 12.5 Å². The van der Waals surface area contributed by atoms with Crippen LogP contribution in [-0.2, 0) is 11.3 Å². The minimum atomic E-state index is 0.157. The quantitative estimate of drug-likeness (QED) is 0.817. The van der Waals surface area contributed by atoms with Crippen molar-refractivity contribution in [3.8, 4) is 0 Å². The zero-order chi connectivity index (χ0) is 10.7. The van der Waals surface area contributed by atoms with E-state index in [4.69, 9.17) is 10.5 Å². The van der Waals surface area contributed by atoms with E-state index >= 15 is 0 Å². The van der Waals surface area contributed by atoms with Crippen LogP contribution in [0.3, 0.4) is 0 Å². The van der Waals surface area contributed by atoms with Crippen molar-refractivity contribution in [2.24, 2.45) is 11.7 Å². The van der Waals surface area contributed by atoms with E-state index in [1.165, 1.54) is 12.0 Å². The lowest BCUT2D eigenvalue weighted by Crippen LogP contribution is -2.28. The van der Waals surface area contributed by atoms with Crippen LogP contribution in [-0.4, -0.2) is 22.9 Å². The molecule has 1 aromatic heterocycles. The monoisotopic (exact) mass is 209 g/mol. The van der Waals surface area contributed by atoms with E-state index < -0.39 is 0 Å². The molecule has 2 heterocycles. The number of hydrogen-bond acceptors (Lipinski definition) is 3. The number of nitrogens with two attached hydrogens (primary N) is 1. The molecule has 0 spiro atoms. The van der Waals surface area contributed by atoms with Crippen molar-refractivity contribution in [3.05, 3.63) is 18.0 Å². The standard InChI is InChI=1S/C11H19N3O/c1-2-14-8-10(7-13-14)11-9(6-12)4-3-5-15-11/h7-9,11H,2-6,12H2,1H3. The van der Waals surface area contributed by atoms with Crippen LogP contribution < -0.4 is 5.73 Å². The molecule has 4 heteroatoms. The maximum Gasteiger partial charge on any atom is 0.0895 e. The Morgan fingerprint density at radius 1 is 1.67 bits per heavy atom. The molecule has 1 fully saturated rings. The van der Waals surface area contributed by atoms with Crippen LogP contribution in [0.15, 0.2) is 12.4 Å². The largest absolute Gasteiger partial charge is 0.373 e. The predicted molar refractivity (Wildman–Crippen MR) is 58.4 cm³/mol. The summed E-state index contributed by atoms with van der Waals surface area (Å²) in [6.07, 6.45) is 6.42. The molecule has 4 nitrogen and oxygen atoms in total. The summed E-state index contributed by atoms with van der Waals surface area (Å²) in [6, 6.07) is 0. The van der Waals surface area contributed by atoms with Gasteiger partial charge >= 0.3 is 0 Å². The maximum atomic E-state index is 5.79. The lowest BCUT2D eigenvalue weighted by atomic mass is 9.91. The van der Waals surface area contributed by atoms with Gasteiger partial charge in [0.25, 0.3) is 0 Å². The normalized spacial score (nSPS) is 26.8. The van der Waals surface area contributed by atoms with Gasteiger partial charge < -0.3 is 10.5 Å². The summed E-state index contributed by atoms with van der Waals surface area (Å²) in [5.41, 5.74) is 6.94. The second-order valence-corrected chi connectivity index (χ2v) is 4.06. The molecule has 15 heavy (non-hydrogen) atoms. The van der Waals surface area contributed by atoms with Crippen LogP contribution in [0.5, 0.6) is 0 Å². The number of rotatable bonds is 3. The van der Waals surface area contributed by atoms with Gasteiger partial charge in [0.2, 0.25) is 0 Å². The molecule has 1 aliphatic rings. The highest BCUT2D eigenvalue weighted by Crippen LogP contribution is 2.32. The molecular weight excluding hydrogens is 190 g/mol. The molecular formula is C11H19N3O. The molecule has 0 radical (unpaired) electrons. The molecule has 1 aliphatic heterocycles. The zero-order valence-electron chi connectivity index (χ0n) is 9.22. The highest BCUT2D eigenvalue weighted by atomic mass is 16.5. The van der Waals surface area contributed by atoms with E-state index in [2.05, 4.69) is 18.2 Å². The van der Waals surface area contributed by atoms with Crippen LogP contribution in [0.2, 0.25) is 0 Å². The van der Waals surface area contributed by atoms with Crippen LogP contribution in [0.4, 0.5) is 0 Å². The van der Waals surface area contributed by atoms with Crippen molar-refractivity contribution in [3.63, 3.8) is 0 Å². The smallest absolute Gasteiger partial charge is 0.0895 e.